The van der Waals surface area contributed by atoms with Gasteiger partial charge >= 0.3 is 0 Å². The Kier molecular flexibility index (Phi) is 2.44. The maximum atomic E-state index is 11.7. The molecule has 1 aromatic heterocycles. The van der Waals surface area contributed by atoms with Gasteiger partial charge in [0.25, 0.3) is 0 Å². The highest BCUT2D eigenvalue weighted by atomic mass is 79.9. The Morgan fingerprint density at radius 2 is 2.38 bits per heavy atom. The number of halogens is 1. The normalized spacial score (nSPS) is 20.9. The first-order valence-electron chi connectivity index (χ1n) is 5.02. The SMILES string of the molecule is O=C1CC(Br)CN1c1ccc2ncsc2c1. The van der Waals surface area contributed by atoms with Gasteiger partial charge in [0.05, 0.1) is 15.7 Å². The van der Waals surface area contributed by atoms with Crippen LogP contribution in [0.4, 0.5) is 5.69 Å². The number of benzene rings is 1. The van der Waals surface area contributed by atoms with Gasteiger partial charge in [-0.25, -0.2) is 4.98 Å². The summed E-state index contributed by atoms with van der Waals surface area (Å²) >= 11 is 5.09. The van der Waals surface area contributed by atoms with Crippen molar-refractivity contribution in [2.75, 3.05) is 11.4 Å². The number of anilines is 1. The quantitative estimate of drug-likeness (QED) is 0.758. The number of nitrogens with zero attached hydrogens (tertiary/aromatic N) is 2. The molecule has 2 heterocycles. The lowest BCUT2D eigenvalue weighted by Gasteiger charge is -2.15. The van der Waals surface area contributed by atoms with E-state index in [0.717, 1.165) is 22.4 Å². The van der Waals surface area contributed by atoms with E-state index in [9.17, 15) is 4.79 Å². The van der Waals surface area contributed by atoms with Crippen molar-refractivity contribution in [1.82, 2.24) is 4.98 Å². The largest absolute Gasteiger partial charge is 0.311 e. The van der Waals surface area contributed by atoms with E-state index in [4.69, 9.17) is 0 Å². The molecule has 1 fully saturated rings. The zero-order valence-corrected chi connectivity index (χ0v) is 10.8. The van der Waals surface area contributed by atoms with Gasteiger partial charge in [-0.05, 0) is 18.2 Å². The van der Waals surface area contributed by atoms with E-state index < -0.39 is 0 Å². The Bertz CT molecular complexity index is 554. The molecule has 1 aliphatic rings. The molecular formula is C11H9BrN2OS. The molecule has 1 atom stereocenters. The van der Waals surface area contributed by atoms with E-state index in [-0.39, 0.29) is 10.7 Å². The summed E-state index contributed by atoms with van der Waals surface area (Å²) in [7, 11) is 0. The number of alkyl halides is 1. The first kappa shape index (κ1) is 10.2. The van der Waals surface area contributed by atoms with Gasteiger partial charge < -0.3 is 4.90 Å². The molecule has 1 unspecified atom stereocenters. The maximum Gasteiger partial charge on any atom is 0.228 e. The number of rotatable bonds is 1. The fourth-order valence-corrected chi connectivity index (χ4v) is 3.20. The topological polar surface area (TPSA) is 33.2 Å². The first-order chi connectivity index (χ1) is 7.74. The van der Waals surface area contributed by atoms with Crippen LogP contribution in [-0.4, -0.2) is 22.3 Å². The van der Waals surface area contributed by atoms with Crippen molar-refractivity contribution in [2.24, 2.45) is 0 Å². The fourth-order valence-electron chi connectivity index (χ4n) is 1.93. The summed E-state index contributed by atoms with van der Waals surface area (Å²) in [6.45, 7) is 0.753. The summed E-state index contributed by atoms with van der Waals surface area (Å²) in [5.41, 5.74) is 3.80. The number of hydrogen-bond acceptors (Lipinski definition) is 3. The van der Waals surface area contributed by atoms with Crippen molar-refractivity contribution in [3.8, 4) is 0 Å². The number of hydrogen-bond donors (Lipinski definition) is 0. The average Bonchev–Trinajstić information content (AvgIpc) is 2.83. The number of carbonyl (C=O) groups is 1. The molecule has 0 N–H and O–H groups in total. The highest BCUT2D eigenvalue weighted by Crippen LogP contribution is 2.29. The third-order valence-electron chi connectivity index (χ3n) is 2.70. The van der Waals surface area contributed by atoms with Gasteiger partial charge in [-0.3, -0.25) is 4.79 Å². The van der Waals surface area contributed by atoms with Crippen LogP contribution in [0, 0.1) is 0 Å². The van der Waals surface area contributed by atoms with Crippen LogP contribution >= 0.6 is 27.3 Å². The molecule has 0 spiro atoms. The van der Waals surface area contributed by atoms with Crippen molar-refractivity contribution in [1.29, 1.82) is 0 Å². The van der Waals surface area contributed by atoms with Crippen LogP contribution in [0.25, 0.3) is 10.2 Å². The van der Waals surface area contributed by atoms with Crippen LogP contribution in [0.1, 0.15) is 6.42 Å². The Morgan fingerprint density at radius 3 is 3.12 bits per heavy atom. The summed E-state index contributed by atoms with van der Waals surface area (Å²) in [6, 6.07) is 5.97. The smallest absolute Gasteiger partial charge is 0.228 e. The predicted octanol–water partition coefficient (Wildman–Crippen LogP) is 2.80. The van der Waals surface area contributed by atoms with Crippen LogP contribution in [0.2, 0.25) is 0 Å². The summed E-state index contributed by atoms with van der Waals surface area (Å²) in [5, 5.41) is 0. The highest BCUT2D eigenvalue weighted by molar-refractivity contribution is 9.09. The number of amides is 1. The van der Waals surface area contributed by atoms with E-state index in [2.05, 4.69) is 20.9 Å². The Balaban J connectivity index is 2.02. The second-order valence-electron chi connectivity index (χ2n) is 3.81. The van der Waals surface area contributed by atoms with Gasteiger partial charge in [0.15, 0.2) is 0 Å². The van der Waals surface area contributed by atoms with E-state index in [1.807, 2.05) is 28.6 Å². The molecule has 1 amide bonds. The molecule has 1 saturated heterocycles. The second-order valence-corrected chi connectivity index (χ2v) is 5.99. The summed E-state index contributed by atoms with van der Waals surface area (Å²) in [5.74, 6) is 0.186. The van der Waals surface area contributed by atoms with E-state index >= 15 is 0 Å². The van der Waals surface area contributed by atoms with Crippen LogP contribution in [0.3, 0.4) is 0 Å². The van der Waals surface area contributed by atoms with Crippen molar-refractivity contribution in [3.05, 3.63) is 23.7 Å². The minimum Gasteiger partial charge on any atom is -0.311 e. The predicted molar refractivity (Wildman–Crippen MR) is 69.3 cm³/mol. The lowest BCUT2D eigenvalue weighted by molar-refractivity contribution is -0.117. The zero-order valence-electron chi connectivity index (χ0n) is 8.39. The minimum atomic E-state index is 0.186. The third kappa shape index (κ3) is 1.64. The molecule has 3 rings (SSSR count). The van der Waals surface area contributed by atoms with Crippen LogP contribution < -0.4 is 4.90 Å². The average molecular weight is 297 g/mol. The molecule has 0 bridgehead atoms. The first-order valence-corrected chi connectivity index (χ1v) is 6.81. The highest BCUT2D eigenvalue weighted by Gasteiger charge is 2.28. The zero-order chi connectivity index (χ0) is 11.1. The molecule has 16 heavy (non-hydrogen) atoms. The lowest BCUT2D eigenvalue weighted by atomic mass is 10.3. The Labute approximate surface area is 105 Å². The monoisotopic (exact) mass is 296 g/mol. The van der Waals surface area contributed by atoms with Crippen LogP contribution in [0.5, 0.6) is 0 Å². The Hall–Kier alpha value is -0.940. The van der Waals surface area contributed by atoms with E-state index in [0.29, 0.717) is 6.42 Å². The van der Waals surface area contributed by atoms with Crippen molar-refractivity contribution in [3.63, 3.8) is 0 Å². The molecule has 5 heteroatoms. The number of thiazole rings is 1. The van der Waals surface area contributed by atoms with E-state index in [1.54, 1.807) is 11.3 Å². The van der Waals surface area contributed by atoms with Gasteiger partial charge in [-0.1, -0.05) is 15.9 Å². The molecule has 1 aromatic carbocycles. The maximum absolute atomic E-state index is 11.7. The van der Waals surface area contributed by atoms with Crippen molar-refractivity contribution >= 4 is 49.1 Å². The standard InChI is InChI=1S/C11H9BrN2OS/c12-7-3-11(15)14(5-7)8-1-2-9-10(4-8)16-6-13-9/h1-2,4,6-7H,3,5H2. The molecule has 0 radical (unpaired) electrons. The number of carbonyl (C=O) groups excluding carboxylic acids is 1. The fraction of sp³-hybridized carbons (Fsp3) is 0.273. The van der Waals surface area contributed by atoms with Crippen LogP contribution in [-0.2, 0) is 4.79 Å². The van der Waals surface area contributed by atoms with Gasteiger partial charge in [-0.15, -0.1) is 11.3 Å². The molecule has 1 aliphatic heterocycles. The summed E-state index contributed by atoms with van der Waals surface area (Å²) < 4.78 is 1.13. The molecular weight excluding hydrogens is 288 g/mol. The van der Waals surface area contributed by atoms with Crippen LogP contribution in [0.15, 0.2) is 23.7 Å². The lowest BCUT2D eigenvalue weighted by Crippen LogP contribution is -2.24. The molecule has 0 saturated carbocycles. The van der Waals surface area contributed by atoms with E-state index in [1.165, 1.54) is 0 Å². The minimum absolute atomic E-state index is 0.186. The molecule has 3 nitrogen and oxygen atoms in total. The molecule has 2 aromatic rings. The van der Waals surface area contributed by atoms with Gasteiger partial charge in [-0.2, -0.15) is 0 Å². The van der Waals surface area contributed by atoms with Gasteiger partial charge in [0.1, 0.15) is 0 Å². The second kappa shape index (κ2) is 3.82. The van der Waals surface area contributed by atoms with Crippen molar-refractivity contribution < 1.29 is 4.79 Å². The molecule has 82 valence electrons. The van der Waals surface area contributed by atoms with Gasteiger partial charge in [0.2, 0.25) is 5.91 Å². The summed E-state index contributed by atoms with van der Waals surface area (Å²) in [6.07, 6.45) is 0.584. The Morgan fingerprint density at radius 1 is 1.50 bits per heavy atom. The molecule has 0 aliphatic carbocycles. The number of fused-ring (bicyclic) bond motifs is 1. The third-order valence-corrected chi connectivity index (χ3v) is 4.11. The van der Waals surface area contributed by atoms with Gasteiger partial charge in [0, 0.05) is 23.5 Å². The number of aromatic nitrogens is 1. The summed E-state index contributed by atoms with van der Waals surface area (Å²) in [4.78, 5) is 18.1. The van der Waals surface area contributed by atoms with Crippen molar-refractivity contribution in [2.45, 2.75) is 11.2 Å².